The summed E-state index contributed by atoms with van der Waals surface area (Å²) in [5.41, 5.74) is 0.980. The smallest absolute Gasteiger partial charge is 0.387 e. The largest absolute Gasteiger partial charge is 0.489 e. The fraction of sp³-hybridized carbons (Fsp3) is 0.471. The molecule has 0 amide bonds. The van der Waals surface area contributed by atoms with Crippen LogP contribution in [-0.4, -0.2) is 101 Å². The maximum atomic E-state index is 13.8. The molecule has 2 heterocycles. The normalized spacial score (nSPS) is 15.7. The Kier molecular flexibility index (Phi) is 13.6. The monoisotopic (exact) mass is 773 g/mol. The van der Waals surface area contributed by atoms with Crippen molar-refractivity contribution in [3.63, 3.8) is 0 Å². The van der Waals surface area contributed by atoms with E-state index in [1.54, 1.807) is 0 Å². The van der Waals surface area contributed by atoms with E-state index in [-0.39, 0.29) is 64.7 Å². The molecule has 0 bridgehead atoms. The number of hydrogen-bond donors (Lipinski definition) is 1. The van der Waals surface area contributed by atoms with Crippen molar-refractivity contribution in [1.29, 1.82) is 0 Å². The van der Waals surface area contributed by atoms with Gasteiger partial charge in [-0.25, -0.2) is 13.2 Å². The Morgan fingerprint density at radius 1 is 1.06 bits per heavy atom. The van der Waals surface area contributed by atoms with Gasteiger partial charge in [0.2, 0.25) is 10.0 Å². The third-order valence-electron chi connectivity index (χ3n) is 8.25. The van der Waals surface area contributed by atoms with Crippen molar-refractivity contribution in [2.75, 3.05) is 69.8 Å². The highest BCUT2D eigenvalue weighted by molar-refractivity contribution is 7.92. The zero-order valence-corrected chi connectivity index (χ0v) is 30.1. The highest BCUT2D eigenvalue weighted by atomic mass is 35.5. The SMILES string of the molecule is CS(=O)(=O)N(CCN1CCOCC1)c1ccc(C(=O)O[C@@H](Cc2c(Cl)cncc2Cl)c2ccc(OC(F)F)c(OCC3CC3)c2)cc1OCCO. The van der Waals surface area contributed by atoms with Gasteiger partial charge in [0.05, 0.1) is 54.0 Å². The maximum absolute atomic E-state index is 13.8. The van der Waals surface area contributed by atoms with Crippen LogP contribution in [-0.2, 0) is 25.9 Å². The van der Waals surface area contributed by atoms with Crippen LogP contribution in [0, 0.1) is 5.92 Å². The van der Waals surface area contributed by atoms with Crippen LogP contribution in [0.25, 0.3) is 0 Å². The highest BCUT2D eigenvalue weighted by Gasteiger charge is 2.28. The number of carbonyl (C=O) groups excluding carboxylic acids is 1. The number of aliphatic hydroxyl groups excluding tert-OH is 1. The number of nitrogens with zero attached hydrogens (tertiary/aromatic N) is 3. The van der Waals surface area contributed by atoms with Gasteiger partial charge < -0.3 is 28.8 Å². The number of carbonyl (C=O) groups is 1. The van der Waals surface area contributed by atoms with E-state index in [1.165, 1.54) is 53.1 Å². The summed E-state index contributed by atoms with van der Waals surface area (Å²) in [5.74, 6) is -0.611. The molecule has 51 heavy (non-hydrogen) atoms. The first-order valence-electron chi connectivity index (χ1n) is 16.3. The molecule has 0 unspecified atom stereocenters. The predicted molar refractivity (Wildman–Crippen MR) is 186 cm³/mol. The lowest BCUT2D eigenvalue weighted by Gasteiger charge is -2.30. The number of aromatic nitrogens is 1. The summed E-state index contributed by atoms with van der Waals surface area (Å²) in [6, 6.07) is 8.44. The van der Waals surface area contributed by atoms with Gasteiger partial charge in [-0.1, -0.05) is 29.3 Å². The minimum Gasteiger partial charge on any atom is -0.489 e. The van der Waals surface area contributed by atoms with E-state index in [0.29, 0.717) is 56.5 Å². The number of halogens is 4. The van der Waals surface area contributed by atoms with Crippen LogP contribution < -0.4 is 18.5 Å². The van der Waals surface area contributed by atoms with Gasteiger partial charge >= 0.3 is 12.6 Å². The Balaban J connectivity index is 1.46. The molecule has 2 aliphatic rings. The van der Waals surface area contributed by atoms with E-state index in [9.17, 15) is 27.1 Å². The second-order valence-corrected chi connectivity index (χ2v) is 14.8. The molecule has 1 aliphatic carbocycles. The van der Waals surface area contributed by atoms with E-state index in [4.69, 9.17) is 42.1 Å². The number of aliphatic hydroxyl groups is 1. The lowest BCUT2D eigenvalue weighted by molar-refractivity contribution is -0.0515. The molecule has 2 fully saturated rings. The Bertz CT molecular complexity index is 1740. The summed E-state index contributed by atoms with van der Waals surface area (Å²) in [5, 5.41) is 9.94. The Hall–Kier alpha value is -3.47. The summed E-state index contributed by atoms with van der Waals surface area (Å²) in [4.78, 5) is 19.9. The second kappa shape index (κ2) is 17.8. The summed E-state index contributed by atoms with van der Waals surface area (Å²) in [6.07, 6.45) is 4.68. The van der Waals surface area contributed by atoms with Gasteiger partial charge in [0.15, 0.2) is 11.5 Å². The number of esters is 1. The zero-order valence-electron chi connectivity index (χ0n) is 27.8. The number of ether oxygens (including phenoxy) is 5. The molecule has 1 aromatic heterocycles. The Labute approximate surface area is 305 Å². The summed E-state index contributed by atoms with van der Waals surface area (Å²) in [6.45, 7) is -0.406. The molecule has 17 heteroatoms. The molecule has 0 radical (unpaired) electrons. The first kappa shape index (κ1) is 38.8. The standard InChI is InChI=1S/C34H39Cl2F2N3O9S/c1-51(44,45)41(9-8-40-10-13-46-14-11-40)28-6-4-24(17-31(28)47-15-12-42)33(43)49-30(18-25-26(35)19-39-20-27(25)36)23-5-7-29(50-34(37)38)32(16-23)48-21-22-2-3-22/h4-7,16-17,19-20,22,30,34,42H,2-3,8-15,18,21H2,1H3/t30-/m0/s1. The molecule has 278 valence electrons. The zero-order chi connectivity index (χ0) is 36.5. The number of morpholine rings is 1. The van der Waals surface area contributed by atoms with E-state index in [1.807, 2.05) is 0 Å². The highest BCUT2D eigenvalue weighted by Crippen LogP contribution is 2.39. The van der Waals surface area contributed by atoms with Crippen LogP contribution in [0.5, 0.6) is 17.2 Å². The third-order valence-corrected chi connectivity index (χ3v) is 10.1. The lowest BCUT2D eigenvalue weighted by Crippen LogP contribution is -2.43. The number of anilines is 1. The van der Waals surface area contributed by atoms with Gasteiger partial charge in [-0.15, -0.1) is 0 Å². The van der Waals surface area contributed by atoms with Crippen molar-refractivity contribution >= 4 is 44.9 Å². The summed E-state index contributed by atoms with van der Waals surface area (Å²) >= 11 is 12.9. The van der Waals surface area contributed by atoms with E-state index < -0.39 is 28.7 Å². The molecule has 1 atom stereocenters. The van der Waals surface area contributed by atoms with Crippen LogP contribution in [0.2, 0.25) is 10.0 Å². The van der Waals surface area contributed by atoms with Crippen molar-refractivity contribution in [3.05, 3.63) is 75.5 Å². The molecular weight excluding hydrogens is 735 g/mol. The van der Waals surface area contributed by atoms with Crippen LogP contribution >= 0.6 is 23.2 Å². The average molecular weight is 775 g/mol. The molecule has 5 rings (SSSR count). The Morgan fingerprint density at radius 2 is 1.78 bits per heavy atom. The van der Waals surface area contributed by atoms with Crippen molar-refractivity contribution in [3.8, 4) is 17.2 Å². The van der Waals surface area contributed by atoms with Crippen LogP contribution in [0.3, 0.4) is 0 Å². The first-order valence-corrected chi connectivity index (χ1v) is 18.9. The number of pyridine rings is 1. The molecule has 1 saturated carbocycles. The molecule has 0 spiro atoms. The predicted octanol–water partition coefficient (Wildman–Crippen LogP) is 5.39. The van der Waals surface area contributed by atoms with Crippen molar-refractivity contribution < 1.29 is 50.8 Å². The van der Waals surface area contributed by atoms with Gasteiger partial charge in [-0.3, -0.25) is 14.2 Å². The fourth-order valence-corrected chi connectivity index (χ4v) is 6.85. The number of sulfonamides is 1. The number of alkyl halides is 2. The molecule has 2 aromatic carbocycles. The van der Waals surface area contributed by atoms with Crippen LogP contribution in [0.15, 0.2) is 48.8 Å². The fourth-order valence-electron chi connectivity index (χ4n) is 5.41. The first-order chi connectivity index (χ1) is 24.4. The van der Waals surface area contributed by atoms with Crippen molar-refractivity contribution in [1.82, 2.24) is 9.88 Å². The summed E-state index contributed by atoms with van der Waals surface area (Å²) in [7, 11) is -3.80. The minimum atomic E-state index is -3.80. The van der Waals surface area contributed by atoms with Gasteiger partial charge in [0, 0.05) is 45.0 Å². The lowest BCUT2D eigenvalue weighted by atomic mass is 10.0. The van der Waals surface area contributed by atoms with E-state index in [2.05, 4.69) is 14.6 Å². The van der Waals surface area contributed by atoms with Crippen molar-refractivity contribution in [2.24, 2.45) is 5.92 Å². The molecule has 1 saturated heterocycles. The second-order valence-electron chi connectivity index (χ2n) is 12.1. The van der Waals surface area contributed by atoms with Gasteiger partial charge in [0.1, 0.15) is 18.5 Å². The Morgan fingerprint density at radius 3 is 2.43 bits per heavy atom. The average Bonchev–Trinajstić information content (AvgIpc) is 3.93. The molecule has 1 aliphatic heterocycles. The van der Waals surface area contributed by atoms with Crippen LogP contribution in [0.4, 0.5) is 14.5 Å². The number of benzene rings is 2. The molecular formula is C34H39Cl2F2N3O9S. The van der Waals surface area contributed by atoms with Crippen LogP contribution in [0.1, 0.15) is 40.4 Å². The summed E-state index contributed by atoms with van der Waals surface area (Å²) < 4.78 is 81.3. The van der Waals surface area contributed by atoms with Gasteiger partial charge in [0.25, 0.3) is 0 Å². The van der Waals surface area contributed by atoms with Crippen molar-refractivity contribution in [2.45, 2.75) is 32.0 Å². The topological polar surface area (TPSA) is 137 Å². The third kappa shape index (κ3) is 11.0. The van der Waals surface area contributed by atoms with E-state index >= 15 is 0 Å². The van der Waals surface area contributed by atoms with Gasteiger partial charge in [-0.05, 0) is 60.2 Å². The van der Waals surface area contributed by atoms with Gasteiger partial charge in [-0.2, -0.15) is 8.78 Å². The van der Waals surface area contributed by atoms with E-state index in [0.717, 1.165) is 19.1 Å². The maximum Gasteiger partial charge on any atom is 0.387 e. The minimum absolute atomic E-state index is 0.00750. The molecule has 12 nitrogen and oxygen atoms in total. The number of rotatable bonds is 18. The molecule has 3 aromatic rings. The number of hydrogen-bond acceptors (Lipinski definition) is 11. The quantitative estimate of drug-likeness (QED) is 0.167. The molecule has 1 N–H and O–H groups in total.